The molecule has 1 N–H and O–H groups in total. The van der Waals surface area contributed by atoms with E-state index in [-0.39, 0.29) is 0 Å². The van der Waals surface area contributed by atoms with E-state index in [2.05, 4.69) is 43.9 Å². The summed E-state index contributed by atoms with van der Waals surface area (Å²) in [7, 11) is 0. The van der Waals surface area contributed by atoms with Gasteiger partial charge in [-0.25, -0.2) is 4.98 Å². The molecule has 0 fully saturated rings. The lowest BCUT2D eigenvalue weighted by Gasteiger charge is -2.03. The lowest BCUT2D eigenvalue weighted by Crippen LogP contribution is -1.92. The Morgan fingerprint density at radius 1 is 1.36 bits per heavy atom. The predicted octanol–water partition coefficient (Wildman–Crippen LogP) is 3.96. The summed E-state index contributed by atoms with van der Waals surface area (Å²) in [5, 5.41) is 7.45. The van der Waals surface area contributed by atoms with Gasteiger partial charge in [-0.05, 0) is 45.9 Å². The second-order valence-corrected chi connectivity index (χ2v) is 4.61. The summed E-state index contributed by atoms with van der Waals surface area (Å²) in [4.78, 5) is 4.24. The zero-order valence-corrected chi connectivity index (χ0v) is 10.0. The highest BCUT2D eigenvalue weighted by atomic mass is 79.9. The Kier molecular flexibility index (Phi) is 2.84. The smallest absolute Gasteiger partial charge is 0.130 e. The zero-order chi connectivity index (χ0) is 9.97. The van der Waals surface area contributed by atoms with Gasteiger partial charge in [0, 0.05) is 16.0 Å². The molecule has 0 saturated heterocycles. The van der Waals surface area contributed by atoms with Crippen LogP contribution >= 0.6 is 27.3 Å². The molecule has 0 spiro atoms. The summed E-state index contributed by atoms with van der Waals surface area (Å²) in [6.07, 6.45) is 1.78. The van der Waals surface area contributed by atoms with Crippen LogP contribution in [0.3, 0.4) is 0 Å². The lowest BCUT2D eigenvalue weighted by atomic mass is 10.3. The average Bonchev–Trinajstić information content (AvgIpc) is 2.56. The maximum Gasteiger partial charge on any atom is 0.130 e. The van der Waals surface area contributed by atoms with Crippen LogP contribution in [0.15, 0.2) is 33.6 Å². The van der Waals surface area contributed by atoms with Gasteiger partial charge in [-0.3, -0.25) is 0 Å². The van der Waals surface area contributed by atoms with Gasteiger partial charge in [-0.15, -0.1) is 11.3 Å². The molecule has 0 saturated carbocycles. The summed E-state index contributed by atoms with van der Waals surface area (Å²) >= 11 is 5.04. The third kappa shape index (κ3) is 2.13. The average molecular weight is 269 g/mol. The molecule has 0 atom stereocenters. The molecule has 0 unspecified atom stereocenters. The number of hydrogen-bond acceptors (Lipinski definition) is 3. The third-order valence-electron chi connectivity index (χ3n) is 1.85. The first kappa shape index (κ1) is 9.68. The van der Waals surface area contributed by atoms with Gasteiger partial charge in [-0.2, -0.15) is 0 Å². The Labute approximate surface area is 95.1 Å². The molecule has 4 heteroatoms. The van der Waals surface area contributed by atoms with Crippen LogP contribution in [-0.4, -0.2) is 4.98 Å². The normalized spacial score (nSPS) is 10.1. The molecule has 0 aliphatic rings. The number of aromatic nitrogens is 1. The highest BCUT2D eigenvalue weighted by Gasteiger charge is 1.99. The molecule has 2 aromatic heterocycles. The molecule has 2 rings (SSSR count). The van der Waals surface area contributed by atoms with Gasteiger partial charge in [0.2, 0.25) is 0 Å². The van der Waals surface area contributed by atoms with E-state index in [1.807, 2.05) is 12.1 Å². The molecule has 14 heavy (non-hydrogen) atoms. The highest BCUT2D eigenvalue weighted by molar-refractivity contribution is 9.10. The number of nitrogens with one attached hydrogen (secondary N) is 1. The van der Waals surface area contributed by atoms with Gasteiger partial charge in [0.1, 0.15) is 5.82 Å². The number of aryl methyl sites for hydroxylation is 1. The topological polar surface area (TPSA) is 24.9 Å². The fourth-order valence-electron chi connectivity index (χ4n) is 1.08. The molecule has 0 aliphatic carbocycles. The van der Waals surface area contributed by atoms with Crippen LogP contribution < -0.4 is 5.32 Å². The summed E-state index contributed by atoms with van der Waals surface area (Å²) in [6, 6.07) is 3.91. The van der Waals surface area contributed by atoms with E-state index < -0.39 is 0 Å². The van der Waals surface area contributed by atoms with Gasteiger partial charge >= 0.3 is 0 Å². The first-order chi connectivity index (χ1) is 6.75. The molecule has 72 valence electrons. The minimum atomic E-state index is 0.870. The summed E-state index contributed by atoms with van der Waals surface area (Å²) in [5.41, 5.74) is 2.38. The molecule has 2 nitrogen and oxygen atoms in total. The molecule has 0 amide bonds. The van der Waals surface area contributed by atoms with E-state index in [0.29, 0.717) is 0 Å². The van der Waals surface area contributed by atoms with Crippen LogP contribution in [0.25, 0.3) is 0 Å². The van der Waals surface area contributed by atoms with Crippen LogP contribution in [0.5, 0.6) is 0 Å². The maximum absolute atomic E-state index is 4.24. The van der Waals surface area contributed by atoms with Crippen molar-refractivity contribution in [1.29, 1.82) is 0 Å². The van der Waals surface area contributed by atoms with Gasteiger partial charge < -0.3 is 5.32 Å². The molecule has 2 heterocycles. The number of halogens is 1. The molecule has 0 bridgehead atoms. The minimum Gasteiger partial charge on any atom is -0.339 e. The SMILES string of the molecule is Cc1cscc1Nc1ccc(Br)cn1. The number of nitrogens with zero attached hydrogens (tertiary/aromatic N) is 1. The summed E-state index contributed by atoms with van der Waals surface area (Å²) in [5.74, 6) is 0.870. The number of rotatable bonds is 2. The third-order valence-corrected chi connectivity index (χ3v) is 3.18. The van der Waals surface area contributed by atoms with E-state index in [1.54, 1.807) is 17.5 Å². The predicted molar refractivity (Wildman–Crippen MR) is 64.3 cm³/mol. The molecule has 2 aromatic rings. The Morgan fingerprint density at radius 3 is 2.79 bits per heavy atom. The van der Waals surface area contributed by atoms with Crippen molar-refractivity contribution >= 4 is 38.8 Å². The van der Waals surface area contributed by atoms with E-state index in [9.17, 15) is 0 Å². The summed E-state index contributed by atoms with van der Waals surface area (Å²) in [6.45, 7) is 2.08. The standard InChI is InChI=1S/C10H9BrN2S/c1-7-5-14-6-9(7)13-10-3-2-8(11)4-12-10/h2-6H,1H3,(H,12,13). The number of pyridine rings is 1. The number of anilines is 2. The number of thiophene rings is 1. The monoisotopic (exact) mass is 268 g/mol. The fourth-order valence-corrected chi connectivity index (χ4v) is 2.09. The van der Waals surface area contributed by atoms with Gasteiger partial charge in [-0.1, -0.05) is 0 Å². The van der Waals surface area contributed by atoms with Crippen molar-refractivity contribution in [3.05, 3.63) is 39.1 Å². The number of hydrogen-bond donors (Lipinski definition) is 1. The van der Waals surface area contributed by atoms with Crippen molar-refractivity contribution in [3.8, 4) is 0 Å². The Morgan fingerprint density at radius 2 is 2.21 bits per heavy atom. The zero-order valence-electron chi connectivity index (χ0n) is 7.62. The van der Waals surface area contributed by atoms with Crippen molar-refractivity contribution < 1.29 is 0 Å². The van der Waals surface area contributed by atoms with E-state index in [4.69, 9.17) is 0 Å². The second-order valence-electron chi connectivity index (χ2n) is 2.96. The molecule has 0 aromatic carbocycles. The lowest BCUT2D eigenvalue weighted by molar-refractivity contribution is 1.29. The Balaban J connectivity index is 2.19. The second kappa shape index (κ2) is 4.11. The van der Waals surface area contributed by atoms with Gasteiger partial charge in [0.15, 0.2) is 0 Å². The highest BCUT2D eigenvalue weighted by Crippen LogP contribution is 2.23. The maximum atomic E-state index is 4.24. The van der Waals surface area contributed by atoms with E-state index in [0.717, 1.165) is 16.0 Å². The van der Waals surface area contributed by atoms with Crippen LogP contribution in [-0.2, 0) is 0 Å². The Bertz CT molecular complexity index is 422. The van der Waals surface area contributed by atoms with Crippen LogP contribution in [0.2, 0.25) is 0 Å². The Hall–Kier alpha value is -0.870. The van der Waals surface area contributed by atoms with Gasteiger partial charge in [0.25, 0.3) is 0 Å². The van der Waals surface area contributed by atoms with Crippen molar-refractivity contribution in [2.24, 2.45) is 0 Å². The van der Waals surface area contributed by atoms with Crippen LogP contribution in [0.1, 0.15) is 5.56 Å². The van der Waals surface area contributed by atoms with E-state index in [1.165, 1.54) is 5.56 Å². The van der Waals surface area contributed by atoms with Crippen molar-refractivity contribution in [1.82, 2.24) is 4.98 Å². The first-order valence-corrected chi connectivity index (χ1v) is 5.90. The van der Waals surface area contributed by atoms with Crippen molar-refractivity contribution in [2.45, 2.75) is 6.92 Å². The molecule has 0 radical (unpaired) electrons. The summed E-state index contributed by atoms with van der Waals surface area (Å²) < 4.78 is 0.991. The molecular formula is C10H9BrN2S. The molecule has 0 aliphatic heterocycles. The van der Waals surface area contributed by atoms with Crippen LogP contribution in [0, 0.1) is 6.92 Å². The first-order valence-electron chi connectivity index (χ1n) is 4.17. The molecular weight excluding hydrogens is 260 g/mol. The van der Waals surface area contributed by atoms with Crippen molar-refractivity contribution in [2.75, 3.05) is 5.32 Å². The van der Waals surface area contributed by atoms with Crippen LogP contribution in [0.4, 0.5) is 11.5 Å². The van der Waals surface area contributed by atoms with Crippen molar-refractivity contribution in [3.63, 3.8) is 0 Å². The minimum absolute atomic E-state index is 0.870. The largest absolute Gasteiger partial charge is 0.339 e. The fraction of sp³-hybridized carbons (Fsp3) is 0.100. The van der Waals surface area contributed by atoms with Gasteiger partial charge in [0.05, 0.1) is 5.69 Å². The quantitative estimate of drug-likeness (QED) is 0.892. The van der Waals surface area contributed by atoms with E-state index >= 15 is 0 Å².